The van der Waals surface area contributed by atoms with Gasteiger partial charge in [0.2, 0.25) is 5.91 Å². The van der Waals surface area contributed by atoms with Crippen molar-refractivity contribution in [3.05, 3.63) is 42.2 Å². The molecule has 1 aromatic heterocycles. The highest BCUT2D eigenvalue weighted by Gasteiger charge is 2.28. The van der Waals surface area contributed by atoms with Crippen LogP contribution in [0.15, 0.2) is 36.7 Å². The molecule has 0 aromatic carbocycles. The van der Waals surface area contributed by atoms with E-state index in [1.165, 1.54) is 5.56 Å². The van der Waals surface area contributed by atoms with E-state index < -0.39 is 0 Å². The zero-order valence-electron chi connectivity index (χ0n) is 14.0. The van der Waals surface area contributed by atoms with Crippen molar-refractivity contribution in [2.24, 2.45) is 11.8 Å². The van der Waals surface area contributed by atoms with Gasteiger partial charge in [0.05, 0.1) is 0 Å². The maximum Gasteiger partial charge on any atom is 0.223 e. The molecule has 2 atom stereocenters. The van der Waals surface area contributed by atoms with Crippen molar-refractivity contribution in [1.29, 1.82) is 0 Å². The van der Waals surface area contributed by atoms with Crippen molar-refractivity contribution < 1.29 is 4.79 Å². The van der Waals surface area contributed by atoms with Crippen molar-refractivity contribution >= 4 is 5.91 Å². The molecule has 0 unspecified atom stereocenters. The second kappa shape index (κ2) is 7.73. The van der Waals surface area contributed by atoms with Crippen LogP contribution in [0.4, 0.5) is 0 Å². The van der Waals surface area contributed by atoms with Gasteiger partial charge in [0, 0.05) is 45.0 Å². The van der Waals surface area contributed by atoms with Crippen LogP contribution in [-0.4, -0.2) is 47.4 Å². The van der Waals surface area contributed by atoms with Gasteiger partial charge in [-0.15, -0.1) is 0 Å². The Labute approximate surface area is 139 Å². The molecule has 0 saturated carbocycles. The predicted molar refractivity (Wildman–Crippen MR) is 91.7 cm³/mol. The number of amides is 1. The van der Waals surface area contributed by atoms with Crippen molar-refractivity contribution in [2.75, 3.05) is 26.7 Å². The summed E-state index contributed by atoms with van der Waals surface area (Å²) in [4.78, 5) is 21.0. The lowest BCUT2D eigenvalue weighted by molar-refractivity contribution is -0.131. The van der Waals surface area contributed by atoms with E-state index in [0.29, 0.717) is 24.2 Å². The first-order valence-electron chi connectivity index (χ1n) is 8.72. The van der Waals surface area contributed by atoms with E-state index in [1.807, 2.05) is 18.5 Å². The highest BCUT2D eigenvalue weighted by molar-refractivity contribution is 5.77. The third-order valence-corrected chi connectivity index (χ3v) is 4.93. The van der Waals surface area contributed by atoms with Gasteiger partial charge in [0.15, 0.2) is 0 Å². The number of allylic oxidation sites excluding steroid dienone is 2. The molecule has 1 fully saturated rings. The summed E-state index contributed by atoms with van der Waals surface area (Å²) >= 11 is 0. The van der Waals surface area contributed by atoms with Crippen molar-refractivity contribution in [1.82, 2.24) is 14.8 Å². The molecule has 4 nitrogen and oxygen atoms in total. The van der Waals surface area contributed by atoms with Gasteiger partial charge in [-0.25, -0.2) is 0 Å². The van der Waals surface area contributed by atoms with Gasteiger partial charge in [-0.05, 0) is 49.8 Å². The molecule has 23 heavy (non-hydrogen) atoms. The zero-order chi connectivity index (χ0) is 16.1. The lowest BCUT2D eigenvalue weighted by Crippen LogP contribution is -2.32. The molecule has 0 bridgehead atoms. The van der Waals surface area contributed by atoms with E-state index in [-0.39, 0.29) is 0 Å². The van der Waals surface area contributed by atoms with Crippen LogP contribution in [-0.2, 0) is 11.3 Å². The summed E-state index contributed by atoms with van der Waals surface area (Å²) in [5.74, 6) is 1.42. The van der Waals surface area contributed by atoms with E-state index in [1.54, 1.807) is 0 Å². The van der Waals surface area contributed by atoms with Crippen LogP contribution in [0, 0.1) is 11.8 Å². The number of rotatable bonds is 6. The fourth-order valence-corrected chi connectivity index (χ4v) is 3.74. The number of carbonyl (C=O) groups is 1. The normalized spacial score (nSPS) is 23.8. The summed E-state index contributed by atoms with van der Waals surface area (Å²) < 4.78 is 0. The Hall–Kier alpha value is -1.68. The average molecular weight is 313 g/mol. The minimum Gasteiger partial charge on any atom is -0.342 e. The topological polar surface area (TPSA) is 36.4 Å². The van der Waals surface area contributed by atoms with E-state index >= 15 is 0 Å². The summed E-state index contributed by atoms with van der Waals surface area (Å²) in [6.45, 7) is 3.82. The lowest BCUT2D eigenvalue weighted by Gasteiger charge is -2.22. The monoisotopic (exact) mass is 313 g/mol. The average Bonchev–Trinajstić information content (AvgIpc) is 3.20. The number of hydrogen-bond donors (Lipinski definition) is 0. The Bertz CT molecular complexity index is 543. The third-order valence-electron chi connectivity index (χ3n) is 4.93. The fraction of sp³-hybridized carbons (Fsp3) is 0.579. The van der Waals surface area contributed by atoms with Crippen LogP contribution in [0.5, 0.6) is 0 Å². The molecular weight excluding hydrogens is 286 g/mol. The summed E-state index contributed by atoms with van der Waals surface area (Å²) in [6, 6.07) is 4.10. The lowest BCUT2D eigenvalue weighted by atomic mass is 10.0. The Morgan fingerprint density at radius 2 is 2.35 bits per heavy atom. The molecular formula is C19H27N3O. The Kier molecular flexibility index (Phi) is 5.44. The molecule has 1 aromatic rings. The minimum atomic E-state index is 0.346. The van der Waals surface area contributed by atoms with Crippen LogP contribution < -0.4 is 0 Å². The standard InChI is InChI=1S/C19H27N3O/c1-21(13-17-7-4-9-20-12-17)14-18-8-10-22(15-18)19(23)11-16-5-2-3-6-16/h2,4-5,7,9,12,16,18H,3,6,8,10-11,13-15H2,1H3/t16-,18+/m0/s1. The Balaban J connectivity index is 1.42. The molecule has 0 radical (unpaired) electrons. The Morgan fingerprint density at radius 3 is 3.09 bits per heavy atom. The fourth-order valence-electron chi connectivity index (χ4n) is 3.74. The Morgan fingerprint density at radius 1 is 1.43 bits per heavy atom. The molecule has 2 aliphatic rings. The van der Waals surface area contributed by atoms with Crippen LogP contribution in [0.25, 0.3) is 0 Å². The van der Waals surface area contributed by atoms with E-state index in [0.717, 1.165) is 45.4 Å². The van der Waals surface area contributed by atoms with Crippen LogP contribution in [0.1, 0.15) is 31.2 Å². The second-order valence-electron chi connectivity index (χ2n) is 7.02. The van der Waals surface area contributed by atoms with E-state index in [9.17, 15) is 4.79 Å². The molecule has 1 aliphatic carbocycles. The summed E-state index contributed by atoms with van der Waals surface area (Å²) in [5.41, 5.74) is 1.24. The zero-order valence-corrected chi connectivity index (χ0v) is 14.0. The number of nitrogens with zero attached hydrogens (tertiary/aromatic N) is 3. The van der Waals surface area contributed by atoms with Gasteiger partial charge in [-0.2, -0.15) is 0 Å². The largest absolute Gasteiger partial charge is 0.342 e. The van der Waals surface area contributed by atoms with Crippen molar-refractivity contribution in [3.8, 4) is 0 Å². The molecule has 2 heterocycles. The molecule has 0 N–H and O–H groups in total. The van der Waals surface area contributed by atoms with Gasteiger partial charge in [-0.1, -0.05) is 18.2 Å². The molecule has 4 heteroatoms. The summed E-state index contributed by atoms with van der Waals surface area (Å²) in [5, 5.41) is 0. The molecule has 124 valence electrons. The van der Waals surface area contributed by atoms with Crippen molar-refractivity contribution in [2.45, 2.75) is 32.2 Å². The first-order chi connectivity index (χ1) is 11.2. The van der Waals surface area contributed by atoms with Crippen molar-refractivity contribution in [3.63, 3.8) is 0 Å². The molecule has 3 rings (SSSR count). The van der Waals surface area contributed by atoms with Crippen LogP contribution in [0.3, 0.4) is 0 Å². The van der Waals surface area contributed by atoms with E-state index in [4.69, 9.17) is 0 Å². The van der Waals surface area contributed by atoms with Gasteiger partial charge in [-0.3, -0.25) is 9.78 Å². The third kappa shape index (κ3) is 4.64. The summed E-state index contributed by atoms with van der Waals surface area (Å²) in [6.07, 6.45) is 12.3. The first-order valence-corrected chi connectivity index (χ1v) is 8.72. The van der Waals surface area contributed by atoms with Crippen LogP contribution in [0.2, 0.25) is 0 Å². The van der Waals surface area contributed by atoms with Gasteiger partial charge in [0.1, 0.15) is 0 Å². The minimum absolute atomic E-state index is 0.346. The van der Waals surface area contributed by atoms with Gasteiger partial charge >= 0.3 is 0 Å². The second-order valence-corrected chi connectivity index (χ2v) is 7.02. The van der Waals surface area contributed by atoms with Gasteiger partial charge in [0.25, 0.3) is 0 Å². The van der Waals surface area contributed by atoms with Gasteiger partial charge < -0.3 is 9.80 Å². The number of carbonyl (C=O) groups excluding carboxylic acids is 1. The van der Waals surface area contributed by atoms with Crippen LogP contribution >= 0.6 is 0 Å². The maximum absolute atomic E-state index is 12.4. The highest BCUT2D eigenvalue weighted by atomic mass is 16.2. The SMILES string of the molecule is CN(Cc1cccnc1)C[C@H]1CCN(C(=O)C[C@H]2C=CCC2)C1. The molecule has 1 saturated heterocycles. The highest BCUT2D eigenvalue weighted by Crippen LogP contribution is 2.24. The number of hydrogen-bond acceptors (Lipinski definition) is 3. The molecule has 0 spiro atoms. The first kappa shape index (κ1) is 16.2. The number of pyridine rings is 1. The number of aromatic nitrogens is 1. The number of likely N-dealkylation sites (tertiary alicyclic amines) is 1. The summed E-state index contributed by atoms with van der Waals surface area (Å²) in [7, 11) is 2.15. The smallest absolute Gasteiger partial charge is 0.223 e. The predicted octanol–water partition coefficient (Wildman–Crippen LogP) is 2.72. The molecule has 1 amide bonds. The van der Waals surface area contributed by atoms with E-state index in [2.05, 4.69) is 40.0 Å². The quantitative estimate of drug-likeness (QED) is 0.758. The molecule has 1 aliphatic heterocycles. The maximum atomic E-state index is 12.4.